The average Bonchev–Trinajstić information content (AvgIpc) is 2.30. The highest BCUT2D eigenvalue weighted by Crippen LogP contribution is 2.30. The molecule has 6 heteroatoms. The molecule has 1 aromatic rings. The fourth-order valence-electron chi connectivity index (χ4n) is 1.67. The minimum Gasteiger partial charge on any atom is -0.480 e. The number of thioether (sulfide) groups is 1. The van der Waals surface area contributed by atoms with E-state index in [4.69, 9.17) is 28.3 Å². The summed E-state index contributed by atoms with van der Waals surface area (Å²) in [7, 11) is 0. The molecule has 0 saturated carbocycles. The minimum atomic E-state index is -0.814. The van der Waals surface area contributed by atoms with Gasteiger partial charge in [0.25, 0.3) is 0 Å². The van der Waals surface area contributed by atoms with Gasteiger partial charge in [0.2, 0.25) is 0 Å². The van der Waals surface area contributed by atoms with Crippen LogP contribution < -0.4 is 0 Å². The molecule has 0 spiro atoms. The number of hydrogen-bond acceptors (Lipinski definition) is 3. The molecule has 0 atom stereocenters. The summed E-state index contributed by atoms with van der Waals surface area (Å²) in [5.41, 5.74) is -0.183. The van der Waals surface area contributed by atoms with Gasteiger partial charge in [-0.1, -0.05) is 23.2 Å². The quantitative estimate of drug-likeness (QED) is 0.788. The van der Waals surface area contributed by atoms with E-state index in [-0.39, 0.29) is 12.1 Å². The Morgan fingerprint density at radius 2 is 2.00 bits per heavy atom. The van der Waals surface area contributed by atoms with Crippen LogP contribution in [0.4, 0.5) is 0 Å². The fraction of sp³-hybridized carbons (Fsp3) is 0.500. The highest BCUT2D eigenvalue weighted by molar-refractivity contribution is 7.99. The van der Waals surface area contributed by atoms with E-state index in [1.807, 2.05) is 31.7 Å². The molecule has 0 aliphatic carbocycles. The summed E-state index contributed by atoms with van der Waals surface area (Å²) in [5, 5.41) is 10.3. The van der Waals surface area contributed by atoms with Gasteiger partial charge in [-0.05, 0) is 39.0 Å². The number of nitrogens with zero attached hydrogens (tertiary/aromatic N) is 1. The third kappa shape index (κ3) is 5.92. The van der Waals surface area contributed by atoms with Gasteiger partial charge in [-0.25, -0.2) is 0 Å². The molecule has 0 amide bonds. The van der Waals surface area contributed by atoms with E-state index < -0.39 is 5.97 Å². The monoisotopic (exact) mass is 335 g/mol. The van der Waals surface area contributed by atoms with Crippen LogP contribution in [0.2, 0.25) is 10.0 Å². The zero-order valence-electron chi connectivity index (χ0n) is 11.8. The van der Waals surface area contributed by atoms with Gasteiger partial charge in [0.1, 0.15) is 0 Å². The second-order valence-corrected chi connectivity index (χ2v) is 7.39. The number of rotatable bonds is 6. The van der Waals surface area contributed by atoms with E-state index in [2.05, 4.69) is 0 Å². The van der Waals surface area contributed by atoms with Gasteiger partial charge in [-0.2, -0.15) is 0 Å². The maximum Gasteiger partial charge on any atom is 0.317 e. The second kappa shape index (κ2) is 7.55. The van der Waals surface area contributed by atoms with Crippen molar-refractivity contribution in [1.82, 2.24) is 4.90 Å². The first-order valence-electron chi connectivity index (χ1n) is 6.25. The lowest BCUT2D eigenvalue weighted by Crippen LogP contribution is -2.45. The van der Waals surface area contributed by atoms with Gasteiger partial charge in [-0.15, -0.1) is 11.8 Å². The van der Waals surface area contributed by atoms with E-state index in [0.29, 0.717) is 16.6 Å². The molecule has 1 rings (SSSR count). The summed E-state index contributed by atoms with van der Waals surface area (Å²) in [6.45, 7) is 6.73. The smallest absolute Gasteiger partial charge is 0.317 e. The molecule has 3 nitrogen and oxygen atoms in total. The Hall–Kier alpha value is -0.420. The van der Waals surface area contributed by atoms with E-state index in [0.717, 1.165) is 10.6 Å². The maximum absolute atomic E-state index is 10.9. The van der Waals surface area contributed by atoms with Crippen LogP contribution in [0.5, 0.6) is 0 Å². The third-order valence-electron chi connectivity index (χ3n) is 2.79. The number of carboxylic acid groups (broad SMARTS) is 1. The van der Waals surface area contributed by atoms with Crippen molar-refractivity contribution < 1.29 is 9.90 Å². The van der Waals surface area contributed by atoms with Crippen molar-refractivity contribution in [2.24, 2.45) is 0 Å². The van der Waals surface area contributed by atoms with Crippen molar-refractivity contribution in [3.05, 3.63) is 28.2 Å². The molecular formula is C14H19Cl2NO2S. The van der Waals surface area contributed by atoms with Crippen LogP contribution in [-0.4, -0.2) is 40.4 Å². The van der Waals surface area contributed by atoms with Gasteiger partial charge in [0, 0.05) is 27.8 Å². The van der Waals surface area contributed by atoms with Crippen LogP contribution in [0.15, 0.2) is 23.1 Å². The number of hydrogen-bond donors (Lipinski definition) is 1. The number of halogens is 2. The second-order valence-electron chi connectivity index (χ2n) is 5.41. The number of benzene rings is 1. The zero-order valence-corrected chi connectivity index (χ0v) is 14.1. The van der Waals surface area contributed by atoms with E-state index in [1.165, 1.54) is 0 Å². The Morgan fingerprint density at radius 3 is 2.55 bits per heavy atom. The summed E-state index contributed by atoms with van der Waals surface area (Å²) in [4.78, 5) is 13.8. The Balaban J connectivity index is 2.60. The summed E-state index contributed by atoms with van der Waals surface area (Å²) < 4.78 is 0. The first-order valence-corrected chi connectivity index (χ1v) is 7.99. The van der Waals surface area contributed by atoms with Crippen molar-refractivity contribution in [2.45, 2.75) is 31.2 Å². The molecule has 0 bridgehead atoms. The summed E-state index contributed by atoms with van der Waals surface area (Å²) in [5.74, 6) is -0.0596. The molecule has 0 aliphatic heterocycles. The predicted molar refractivity (Wildman–Crippen MR) is 86.1 cm³/mol. The highest BCUT2D eigenvalue weighted by atomic mass is 35.5. The molecule has 0 saturated heterocycles. The molecule has 0 fully saturated rings. The van der Waals surface area contributed by atoms with Crippen LogP contribution in [0.1, 0.15) is 20.8 Å². The molecule has 1 N–H and O–H groups in total. The van der Waals surface area contributed by atoms with Crippen molar-refractivity contribution >= 4 is 40.9 Å². The normalized spacial score (nSPS) is 11.9. The van der Waals surface area contributed by atoms with Crippen LogP contribution in [0.3, 0.4) is 0 Å². The molecular weight excluding hydrogens is 317 g/mol. The Kier molecular flexibility index (Phi) is 6.65. The average molecular weight is 336 g/mol. The SMILES string of the molecule is CC(C)(C)N(CCSc1cc(Cl)ccc1Cl)CC(=O)O. The number of carbonyl (C=O) groups is 1. The largest absolute Gasteiger partial charge is 0.480 e. The molecule has 0 unspecified atom stereocenters. The van der Waals surface area contributed by atoms with Crippen LogP contribution >= 0.6 is 35.0 Å². The maximum atomic E-state index is 10.9. The van der Waals surface area contributed by atoms with Gasteiger partial charge in [0.15, 0.2) is 0 Å². The lowest BCUT2D eigenvalue weighted by Gasteiger charge is -2.34. The third-order valence-corrected chi connectivity index (χ3v) is 4.50. The highest BCUT2D eigenvalue weighted by Gasteiger charge is 2.23. The summed E-state index contributed by atoms with van der Waals surface area (Å²) in [6.07, 6.45) is 0. The molecule has 0 heterocycles. The van der Waals surface area contributed by atoms with Gasteiger partial charge in [-0.3, -0.25) is 9.69 Å². The molecule has 112 valence electrons. The topological polar surface area (TPSA) is 40.5 Å². The Morgan fingerprint density at radius 1 is 1.35 bits per heavy atom. The first-order chi connectivity index (χ1) is 9.20. The van der Waals surface area contributed by atoms with Crippen LogP contribution in [-0.2, 0) is 4.79 Å². The Bertz CT molecular complexity index is 475. The van der Waals surface area contributed by atoms with E-state index in [1.54, 1.807) is 23.9 Å². The van der Waals surface area contributed by atoms with Crippen LogP contribution in [0.25, 0.3) is 0 Å². The predicted octanol–water partition coefficient (Wildman–Crippen LogP) is 4.27. The van der Waals surface area contributed by atoms with Crippen molar-refractivity contribution in [2.75, 3.05) is 18.8 Å². The Labute approximate surface area is 134 Å². The van der Waals surface area contributed by atoms with Gasteiger partial charge >= 0.3 is 5.97 Å². The standard InChI is InChI=1S/C14H19Cl2NO2S/c1-14(2,3)17(9-13(18)19)6-7-20-12-8-10(15)4-5-11(12)16/h4-5,8H,6-7,9H2,1-3H3,(H,18,19). The lowest BCUT2D eigenvalue weighted by molar-refractivity contribution is -0.139. The number of carboxylic acids is 1. The minimum absolute atomic E-state index is 0.0351. The van der Waals surface area contributed by atoms with Crippen molar-refractivity contribution in [3.63, 3.8) is 0 Å². The molecule has 0 aromatic heterocycles. The van der Waals surface area contributed by atoms with E-state index in [9.17, 15) is 4.79 Å². The zero-order chi connectivity index (χ0) is 15.3. The molecule has 20 heavy (non-hydrogen) atoms. The van der Waals surface area contributed by atoms with Crippen molar-refractivity contribution in [3.8, 4) is 0 Å². The lowest BCUT2D eigenvalue weighted by atomic mass is 10.1. The molecule has 0 radical (unpaired) electrons. The van der Waals surface area contributed by atoms with Crippen molar-refractivity contribution in [1.29, 1.82) is 0 Å². The van der Waals surface area contributed by atoms with E-state index >= 15 is 0 Å². The summed E-state index contributed by atoms with van der Waals surface area (Å²) in [6, 6.07) is 5.35. The van der Waals surface area contributed by atoms with Gasteiger partial charge in [0.05, 0.1) is 11.6 Å². The summed E-state index contributed by atoms with van der Waals surface area (Å²) >= 11 is 13.6. The molecule has 1 aromatic carbocycles. The van der Waals surface area contributed by atoms with Crippen LogP contribution in [0, 0.1) is 0 Å². The molecule has 0 aliphatic rings. The fourth-order valence-corrected chi connectivity index (χ4v) is 3.13. The first kappa shape index (κ1) is 17.6. The number of aliphatic carboxylic acids is 1. The van der Waals surface area contributed by atoms with Gasteiger partial charge < -0.3 is 5.11 Å².